The number of carbonyl (C=O) groups excluding carboxylic acids is 2. The number of imidazole rings is 1. The zero-order chi connectivity index (χ0) is 19.2. The summed E-state index contributed by atoms with van der Waals surface area (Å²) < 4.78 is 4.84. The molecule has 0 aliphatic carbocycles. The summed E-state index contributed by atoms with van der Waals surface area (Å²) in [5, 5.41) is 2.83. The van der Waals surface area contributed by atoms with E-state index in [1.54, 1.807) is 29.2 Å². The molecule has 2 amide bonds. The minimum absolute atomic E-state index is 0.323. The van der Waals surface area contributed by atoms with Crippen molar-refractivity contribution < 1.29 is 14.3 Å². The van der Waals surface area contributed by atoms with Gasteiger partial charge in [0, 0.05) is 24.9 Å². The largest absolute Gasteiger partial charge is 0.467 e. The van der Waals surface area contributed by atoms with E-state index in [1.807, 2.05) is 24.5 Å². The molecule has 1 unspecified atom stereocenters. The molecule has 144 valence electrons. The van der Waals surface area contributed by atoms with Crippen molar-refractivity contribution in [3.8, 4) is 0 Å². The molecule has 0 saturated carbocycles. The number of ether oxygens (including phenoxy) is 1. The molecule has 8 nitrogen and oxygen atoms in total. The van der Waals surface area contributed by atoms with Crippen LogP contribution in [0.4, 0.5) is 4.79 Å². The normalized spacial score (nSPS) is 17.1. The molecule has 0 radical (unpaired) electrons. The second-order valence-electron chi connectivity index (χ2n) is 6.17. The topological polar surface area (TPSA) is 100 Å². The maximum Gasteiger partial charge on any atom is 0.328 e. The van der Waals surface area contributed by atoms with Gasteiger partial charge in [0.05, 0.1) is 24.8 Å². The van der Waals surface area contributed by atoms with Crippen LogP contribution in [0.25, 0.3) is 0 Å². The number of H-pyrrole nitrogens is 1. The van der Waals surface area contributed by atoms with Crippen molar-refractivity contribution in [2.24, 2.45) is 0 Å². The van der Waals surface area contributed by atoms with Crippen molar-refractivity contribution in [3.63, 3.8) is 0 Å². The van der Waals surface area contributed by atoms with E-state index in [4.69, 9.17) is 4.74 Å². The van der Waals surface area contributed by atoms with Gasteiger partial charge in [-0.2, -0.15) is 11.8 Å². The van der Waals surface area contributed by atoms with E-state index < -0.39 is 18.1 Å². The van der Waals surface area contributed by atoms with Gasteiger partial charge in [0.2, 0.25) is 0 Å². The zero-order valence-electron chi connectivity index (χ0n) is 15.3. The van der Waals surface area contributed by atoms with Crippen LogP contribution in [0.15, 0.2) is 30.7 Å². The lowest BCUT2D eigenvalue weighted by molar-refractivity contribution is -0.142. The molecular formula is C18H23N5O3S. The number of aromatic nitrogens is 3. The highest BCUT2D eigenvalue weighted by atomic mass is 32.2. The number of esters is 1. The van der Waals surface area contributed by atoms with Gasteiger partial charge in [0.25, 0.3) is 0 Å². The van der Waals surface area contributed by atoms with Gasteiger partial charge in [0.1, 0.15) is 12.1 Å². The Morgan fingerprint density at radius 3 is 3.00 bits per heavy atom. The number of hydrogen-bond acceptors (Lipinski definition) is 6. The SMILES string of the molecule is COC(=O)[C@H](CCSC)NC(=O)N1CCc2[nH]cnc2C1c1ccccn1. The first-order valence-electron chi connectivity index (χ1n) is 8.72. The minimum Gasteiger partial charge on any atom is -0.467 e. The monoisotopic (exact) mass is 389 g/mol. The number of aromatic amines is 1. The lowest BCUT2D eigenvalue weighted by Crippen LogP contribution is -2.51. The number of amides is 2. The number of methoxy groups -OCH3 is 1. The predicted octanol–water partition coefficient (Wildman–Crippen LogP) is 1.76. The van der Waals surface area contributed by atoms with Crippen molar-refractivity contribution in [1.29, 1.82) is 0 Å². The van der Waals surface area contributed by atoms with Crippen LogP contribution < -0.4 is 5.32 Å². The molecule has 3 rings (SSSR count). The zero-order valence-corrected chi connectivity index (χ0v) is 16.2. The first kappa shape index (κ1) is 19.2. The molecule has 0 saturated heterocycles. The molecule has 2 atom stereocenters. The average Bonchev–Trinajstić information content (AvgIpc) is 3.19. The standard InChI is InChI=1S/C18H23N5O3S/c1-26-17(24)14(7-10-27-2)22-18(25)23-9-6-12-15(21-11-20-12)16(23)13-5-3-4-8-19-13/h3-5,8,11,14,16H,6-7,9-10H2,1-2H3,(H,20,21)(H,22,25)/t14-,16?/m0/s1. The highest BCUT2D eigenvalue weighted by molar-refractivity contribution is 7.98. The third-order valence-corrected chi connectivity index (χ3v) is 5.19. The fourth-order valence-electron chi connectivity index (χ4n) is 3.19. The van der Waals surface area contributed by atoms with Crippen LogP contribution in [0.3, 0.4) is 0 Å². The van der Waals surface area contributed by atoms with Crippen LogP contribution >= 0.6 is 11.8 Å². The quantitative estimate of drug-likeness (QED) is 0.730. The number of hydrogen-bond donors (Lipinski definition) is 2. The Balaban J connectivity index is 1.85. The molecule has 1 aliphatic rings. The minimum atomic E-state index is -0.681. The molecule has 0 aromatic carbocycles. The van der Waals surface area contributed by atoms with Crippen LogP contribution in [0.1, 0.15) is 29.5 Å². The summed E-state index contributed by atoms with van der Waals surface area (Å²) in [5.41, 5.74) is 2.52. The molecular weight excluding hydrogens is 366 g/mol. The fraction of sp³-hybridized carbons (Fsp3) is 0.444. The van der Waals surface area contributed by atoms with Gasteiger partial charge in [-0.15, -0.1) is 0 Å². The second kappa shape index (κ2) is 8.90. The maximum absolute atomic E-state index is 13.0. The Morgan fingerprint density at radius 1 is 1.44 bits per heavy atom. The fourth-order valence-corrected chi connectivity index (χ4v) is 3.66. The molecule has 0 fully saturated rings. The number of fused-ring (bicyclic) bond motifs is 1. The van der Waals surface area contributed by atoms with Gasteiger partial charge >= 0.3 is 12.0 Å². The lowest BCUT2D eigenvalue weighted by atomic mass is 9.99. The van der Waals surface area contributed by atoms with E-state index in [0.29, 0.717) is 19.4 Å². The van der Waals surface area contributed by atoms with Crippen LogP contribution in [-0.2, 0) is 16.0 Å². The van der Waals surface area contributed by atoms with Crippen LogP contribution in [0.5, 0.6) is 0 Å². The number of thioether (sulfide) groups is 1. The molecule has 0 bridgehead atoms. The van der Waals surface area contributed by atoms with E-state index in [0.717, 1.165) is 22.8 Å². The Hall–Kier alpha value is -2.55. The smallest absolute Gasteiger partial charge is 0.328 e. The molecule has 1 aliphatic heterocycles. The van der Waals surface area contributed by atoms with Gasteiger partial charge in [-0.1, -0.05) is 6.07 Å². The van der Waals surface area contributed by atoms with E-state index in [-0.39, 0.29) is 6.03 Å². The van der Waals surface area contributed by atoms with Gasteiger partial charge < -0.3 is 19.9 Å². The Labute approximate surface area is 162 Å². The summed E-state index contributed by atoms with van der Waals surface area (Å²) in [6.45, 7) is 0.499. The number of pyridine rings is 1. The van der Waals surface area contributed by atoms with E-state index >= 15 is 0 Å². The van der Waals surface area contributed by atoms with Gasteiger partial charge in [-0.05, 0) is 30.6 Å². The van der Waals surface area contributed by atoms with Crippen molar-refractivity contribution in [1.82, 2.24) is 25.2 Å². The Kier molecular flexibility index (Phi) is 6.33. The van der Waals surface area contributed by atoms with Gasteiger partial charge in [-0.25, -0.2) is 14.6 Å². The third-order valence-electron chi connectivity index (χ3n) is 4.55. The predicted molar refractivity (Wildman–Crippen MR) is 102 cm³/mol. The van der Waals surface area contributed by atoms with Gasteiger partial charge in [0.15, 0.2) is 0 Å². The van der Waals surface area contributed by atoms with E-state index in [9.17, 15) is 9.59 Å². The number of rotatable bonds is 6. The second-order valence-corrected chi connectivity index (χ2v) is 7.16. The van der Waals surface area contributed by atoms with Crippen LogP contribution in [0, 0.1) is 0 Å². The summed E-state index contributed by atoms with van der Waals surface area (Å²) in [5.74, 6) is 0.303. The Bertz CT molecular complexity index is 782. The van der Waals surface area contributed by atoms with Crippen LogP contribution in [-0.4, -0.2) is 63.6 Å². The third kappa shape index (κ3) is 4.24. The summed E-state index contributed by atoms with van der Waals surface area (Å²) >= 11 is 1.61. The molecule has 0 spiro atoms. The maximum atomic E-state index is 13.0. The molecule has 2 aromatic rings. The molecule has 27 heavy (non-hydrogen) atoms. The van der Waals surface area contributed by atoms with Crippen molar-refractivity contribution in [2.45, 2.75) is 24.9 Å². The van der Waals surface area contributed by atoms with Crippen molar-refractivity contribution in [3.05, 3.63) is 47.8 Å². The van der Waals surface area contributed by atoms with E-state index in [1.165, 1.54) is 7.11 Å². The lowest BCUT2D eigenvalue weighted by Gasteiger charge is -2.35. The summed E-state index contributed by atoms with van der Waals surface area (Å²) in [6, 6.07) is 4.18. The number of urea groups is 1. The van der Waals surface area contributed by atoms with Crippen molar-refractivity contribution in [2.75, 3.05) is 25.7 Å². The Morgan fingerprint density at radius 2 is 2.30 bits per heavy atom. The van der Waals surface area contributed by atoms with Crippen molar-refractivity contribution >= 4 is 23.8 Å². The number of carbonyl (C=O) groups is 2. The van der Waals surface area contributed by atoms with Gasteiger partial charge in [-0.3, -0.25) is 4.98 Å². The highest BCUT2D eigenvalue weighted by Gasteiger charge is 2.36. The van der Waals surface area contributed by atoms with E-state index in [2.05, 4.69) is 20.3 Å². The summed E-state index contributed by atoms with van der Waals surface area (Å²) in [7, 11) is 1.33. The highest BCUT2D eigenvalue weighted by Crippen LogP contribution is 2.32. The molecule has 2 aromatic heterocycles. The molecule has 3 heterocycles. The summed E-state index contributed by atoms with van der Waals surface area (Å²) in [6.07, 6.45) is 6.46. The number of nitrogens with one attached hydrogen (secondary N) is 2. The average molecular weight is 389 g/mol. The molecule has 9 heteroatoms. The summed E-state index contributed by atoms with van der Waals surface area (Å²) in [4.78, 5) is 38.8. The first-order chi connectivity index (χ1) is 13.2. The number of nitrogens with zero attached hydrogens (tertiary/aromatic N) is 3. The van der Waals surface area contributed by atoms with Crippen LogP contribution in [0.2, 0.25) is 0 Å². The molecule has 2 N–H and O–H groups in total. The first-order valence-corrected chi connectivity index (χ1v) is 10.1.